The van der Waals surface area contributed by atoms with E-state index in [2.05, 4.69) is 5.32 Å². The molecule has 0 saturated heterocycles. The quantitative estimate of drug-likeness (QED) is 0.810. The summed E-state index contributed by atoms with van der Waals surface area (Å²) < 4.78 is 30.7. The van der Waals surface area contributed by atoms with Gasteiger partial charge in [0, 0.05) is 25.3 Å². The van der Waals surface area contributed by atoms with E-state index in [4.69, 9.17) is 4.74 Å². The van der Waals surface area contributed by atoms with Crippen molar-refractivity contribution in [2.45, 2.75) is 17.4 Å². The zero-order chi connectivity index (χ0) is 18.9. The molecule has 0 unspecified atom stereocenters. The number of ether oxygens (including phenoxy) is 1. The van der Waals surface area contributed by atoms with Gasteiger partial charge in [-0.05, 0) is 24.3 Å². The fourth-order valence-electron chi connectivity index (χ4n) is 2.70. The second-order valence-electron chi connectivity index (χ2n) is 6.05. The molecule has 26 heavy (non-hydrogen) atoms. The van der Waals surface area contributed by atoms with Gasteiger partial charge in [0.05, 0.1) is 16.9 Å². The van der Waals surface area contributed by atoms with Gasteiger partial charge in [-0.1, -0.05) is 24.3 Å². The molecule has 1 aliphatic heterocycles. The molecule has 0 spiro atoms. The lowest BCUT2D eigenvalue weighted by atomic mass is 10.0. The van der Waals surface area contributed by atoms with Crippen LogP contribution in [0.3, 0.4) is 0 Å². The highest BCUT2D eigenvalue weighted by Crippen LogP contribution is 2.33. The minimum absolute atomic E-state index is 0.0482. The van der Waals surface area contributed by atoms with E-state index in [9.17, 15) is 18.0 Å². The number of benzene rings is 2. The fourth-order valence-corrected chi connectivity index (χ4v) is 3.65. The highest BCUT2D eigenvalue weighted by molar-refractivity contribution is 7.89. The molecule has 0 bridgehead atoms. The van der Waals surface area contributed by atoms with E-state index in [-0.39, 0.29) is 17.2 Å². The van der Waals surface area contributed by atoms with Gasteiger partial charge in [-0.15, -0.1) is 0 Å². The predicted molar refractivity (Wildman–Crippen MR) is 95.2 cm³/mol. The van der Waals surface area contributed by atoms with Gasteiger partial charge >= 0.3 is 5.97 Å². The number of hydrogen-bond donors (Lipinski definition) is 1. The van der Waals surface area contributed by atoms with Crippen molar-refractivity contribution in [2.75, 3.05) is 19.4 Å². The van der Waals surface area contributed by atoms with Crippen molar-refractivity contribution >= 4 is 27.6 Å². The first kappa shape index (κ1) is 18.1. The van der Waals surface area contributed by atoms with Gasteiger partial charge in [0.15, 0.2) is 0 Å². The van der Waals surface area contributed by atoms with E-state index in [0.29, 0.717) is 16.8 Å². The Labute approximate surface area is 151 Å². The maximum absolute atomic E-state index is 12.3. The Kier molecular flexibility index (Phi) is 4.80. The van der Waals surface area contributed by atoms with Crippen molar-refractivity contribution in [3.63, 3.8) is 0 Å². The van der Waals surface area contributed by atoms with Crippen molar-refractivity contribution in [3.8, 4) is 0 Å². The van der Waals surface area contributed by atoms with Gasteiger partial charge in [0.2, 0.25) is 15.9 Å². The predicted octanol–water partition coefficient (Wildman–Crippen LogP) is 2.18. The molecule has 0 fully saturated rings. The maximum atomic E-state index is 12.3. The Morgan fingerprint density at radius 2 is 1.88 bits per heavy atom. The van der Waals surface area contributed by atoms with Crippen LogP contribution in [0.15, 0.2) is 53.4 Å². The van der Waals surface area contributed by atoms with E-state index < -0.39 is 22.1 Å². The molecular formula is C18H18N2O5S. The number of anilines is 1. The van der Waals surface area contributed by atoms with Gasteiger partial charge in [0.1, 0.15) is 6.10 Å². The number of nitrogens with one attached hydrogen (secondary N) is 1. The van der Waals surface area contributed by atoms with Crippen LogP contribution in [0, 0.1) is 0 Å². The summed E-state index contributed by atoms with van der Waals surface area (Å²) in [6.45, 7) is 0. The molecule has 1 heterocycles. The van der Waals surface area contributed by atoms with Crippen LogP contribution >= 0.6 is 0 Å². The third-order valence-electron chi connectivity index (χ3n) is 4.04. The number of rotatable bonds is 5. The van der Waals surface area contributed by atoms with Crippen LogP contribution in [0.1, 0.15) is 28.4 Å². The summed E-state index contributed by atoms with van der Waals surface area (Å²) in [5, 5.41) is 2.65. The zero-order valence-electron chi connectivity index (χ0n) is 14.3. The van der Waals surface area contributed by atoms with Gasteiger partial charge in [-0.25, -0.2) is 17.5 Å². The van der Waals surface area contributed by atoms with Crippen LogP contribution < -0.4 is 5.32 Å². The first-order valence-electron chi connectivity index (χ1n) is 7.91. The van der Waals surface area contributed by atoms with Crippen LogP contribution in [0.2, 0.25) is 0 Å². The average molecular weight is 374 g/mol. The van der Waals surface area contributed by atoms with Gasteiger partial charge < -0.3 is 10.1 Å². The number of sulfonamides is 1. The van der Waals surface area contributed by atoms with Crippen LogP contribution in [0.25, 0.3) is 0 Å². The summed E-state index contributed by atoms with van der Waals surface area (Å²) in [5.41, 5.74) is 1.50. The molecule has 0 aromatic heterocycles. The lowest BCUT2D eigenvalue weighted by Crippen LogP contribution is -2.22. The van der Waals surface area contributed by atoms with Crippen molar-refractivity contribution in [1.29, 1.82) is 0 Å². The first-order chi connectivity index (χ1) is 12.3. The molecule has 0 radical (unpaired) electrons. The third kappa shape index (κ3) is 3.47. The summed E-state index contributed by atoms with van der Waals surface area (Å²) in [6.07, 6.45) is -0.694. The standard InChI is InChI=1S/C18H18N2O5S/c1-20(2)26(23,24)13-7-5-6-12(10-13)19-17(21)11-16-14-8-3-4-9-15(14)18(22)25-16/h3-10,16H,11H2,1-2H3,(H,19,21)/t16-/m1/s1. The Balaban J connectivity index is 1.73. The summed E-state index contributed by atoms with van der Waals surface area (Å²) in [7, 11) is -0.718. The minimum atomic E-state index is -3.59. The van der Waals surface area contributed by atoms with Crippen molar-refractivity contribution in [1.82, 2.24) is 4.31 Å². The monoisotopic (exact) mass is 374 g/mol. The summed E-state index contributed by atoms with van der Waals surface area (Å²) in [4.78, 5) is 24.2. The topological polar surface area (TPSA) is 92.8 Å². The molecule has 8 heteroatoms. The van der Waals surface area contributed by atoms with E-state index in [1.54, 1.807) is 36.4 Å². The second kappa shape index (κ2) is 6.89. The number of nitrogens with zero attached hydrogens (tertiary/aromatic N) is 1. The SMILES string of the molecule is CN(C)S(=O)(=O)c1cccc(NC(=O)C[C@H]2OC(=O)c3ccccc32)c1. The van der Waals surface area contributed by atoms with Crippen molar-refractivity contribution in [2.24, 2.45) is 0 Å². The highest BCUT2D eigenvalue weighted by Gasteiger charge is 2.32. The Hall–Kier alpha value is -2.71. The molecule has 2 aromatic carbocycles. The van der Waals surface area contributed by atoms with Crippen LogP contribution in [0.5, 0.6) is 0 Å². The van der Waals surface area contributed by atoms with E-state index in [1.807, 2.05) is 0 Å². The largest absolute Gasteiger partial charge is 0.453 e. The molecule has 136 valence electrons. The lowest BCUT2D eigenvalue weighted by Gasteiger charge is -2.14. The molecule has 1 amide bonds. The van der Waals surface area contributed by atoms with Gasteiger partial charge in [-0.2, -0.15) is 0 Å². The van der Waals surface area contributed by atoms with E-state index in [1.165, 1.54) is 26.2 Å². The molecule has 1 atom stereocenters. The number of carbonyl (C=O) groups excluding carboxylic acids is 2. The molecular weight excluding hydrogens is 356 g/mol. The van der Waals surface area contributed by atoms with Crippen LogP contribution in [-0.4, -0.2) is 38.7 Å². The Morgan fingerprint density at radius 3 is 2.62 bits per heavy atom. The second-order valence-corrected chi connectivity index (χ2v) is 8.20. The molecule has 0 saturated carbocycles. The number of fused-ring (bicyclic) bond motifs is 1. The van der Waals surface area contributed by atoms with Gasteiger partial charge in [-0.3, -0.25) is 4.79 Å². The van der Waals surface area contributed by atoms with E-state index in [0.717, 1.165) is 4.31 Å². The smallest absolute Gasteiger partial charge is 0.339 e. The average Bonchev–Trinajstić information content (AvgIpc) is 2.91. The fraction of sp³-hybridized carbons (Fsp3) is 0.222. The zero-order valence-corrected chi connectivity index (χ0v) is 15.1. The van der Waals surface area contributed by atoms with Crippen molar-refractivity contribution in [3.05, 3.63) is 59.7 Å². The van der Waals surface area contributed by atoms with Crippen LogP contribution in [-0.2, 0) is 19.6 Å². The van der Waals surface area contributed by atoms with Crippen molar-refractivity contribution < 1.29 is 22.7 Å². The Bertz CT molecular complexity index is 969. The number of amides is 1. The third-order valence-corrected chi connectivity index (χ3v) is 5.86. The maximum Gasteiger partial charge on any atom is 0.339 e. The highest BCUT2D eigenvalue weighted by atomic mass is 32.2. The summed E-state index contributed by atoms with van der Waals surface area (Å²) in [5.74, 6) is -0.823. The number of hydrogen-bond acceptors (Lipinski definition) is 5. The van der Waals surface area contributed by atoms with E-state index >= 15 is 0 Å². The first-order valence-corrected chi connectivity index (χ1v) is 9.35. The molecule has 1 aliphatic rings. The van der Waals surface area contributed by atoms with Gasteiger partial charge in [0.25, 0.3) is 0 Å². The normalized spacial score (nSPS) is 16.3. The molecule has 1 N–H and O–H groups in total. The lowest BCUT2D eigenvalue weighted by molar-refractivity contribution is -0.118. The molecule has 7 nitrogen and oxygen atoms in total. The minimum Gasteiger partial charge on any atom is -0.453 e. The Morgan fingerprint density at radius 1 is 1.15 bits per heavy atom. The van der Waals surface area contributed by atoms with Crippen LogP contribution in [0.4, 0.5) is 5.69 Å². The molecule has 0 aliphatic carbocycles. The summed E-state index contributed by atoms with van der Waals surface area (Å²) in [6, 6.07) is 12.9. The number of esters is 1. The number of carbonyl (C=O) groups is 2. The summed E-state index contributed by atoms with van der Waals surface area (Å²) >= 11 is 0. The molecule has 2 aromatic rings. The number of cyclic esters (lactones) is 1. The molecule has 3 rings (SSSR count).